The van der Waals surface area contributed by atoms with Crippen LogP contribution >= 0.6 is 9.24 Å². The lowest BCUT2D eigenvalue weighted by Crippen LogP contribution is -2.31. The summed E-state index contributed by atoms with van der Waals surface area (Å²) < 4.78 is 47.5. The molecule has 2 aromatic carbocycles. The SMILES string of the molecule is CC(C)(C)[C@H]1CC[C@H](Oc2ccc3cc(CP)ccc3c2C(F)(F)F)CC1. The van der Waals surface area contributed by atoms with E-state index in [9.17, 15) is 13.2 Å². The summed E-state index contributed by atoms with van der Waals surface area (Å²) in [5, 5.41) is 0.816. The number of alkyl halides is 3. The van der Waals surface area contributed by atoms with Gasteiger partial charge in [-0.05, 0) is 65.6 Å². The third kappa shape index (κ3) is 4.59. The van der Waals surface area contributed by atoms with E-state index >= 15 is 0 Å². The van der Waals surface area contributed by atoms with Crippen LogP contribution in [0.5, 0.6) is 5.75 Å². The van der Waals surface area contributed by atoms with Gasteiger partial charge in [-0.2, -0.15) is 13.2 Å². The number of ether oxygens (including phenoxy) is 1. The van der Waals surface area contributed by atoms with E-state index in [4.69, 9.17) is 4.74 Å². The molecule has 0 aromatic heterocycles. The Morgan fingerprint density at radius 2 is 1.67 bits per heavy atom. The summed E-state index contributed by atoms with van der Waals surface area (Å²) >= 11 is 0. The highest BCUT2D eigenvalue weighted by Gasteiger charge is 2.38. The van der Waals surface area contributed by atoms with Gasteiger partial charge in [0.1, 0.15) is 11.3 Å². The minimum absolute atomic E-state index is 0.0344. The summed E-state index contributed by atoms with van der Waals surface area (Å²) in [6.45, 7) is 6.69. The van der Waals surface area contributed by atoms with Gasteiger partial charge in [-0.15, -0.1) is 9.24 Å². The van der Waals surface area contributed by atoms with E-state index in [2.05, 4.69) is 30.0 Å². The van der Waals surface area contributed by atoms with Crippen molar-refractivity contribution >= 4 is 20.0 Å². The monoisotopic (exact) mass is 396 g/mol. The highest BCUT2D eigenvalue weighted by atomic mass is 31.0. The van der Waals surface area contributed by atoms with E-state index in [1.54, 1.807) is 18.2 Å². The van der Waals surface area contributed by atoms with E-state index in [1.165, 1.54) is 6.07 Å². The van der Waals surface area contributed by atoms with Crippen LogP contribution in [0.4, 0.5) is 13.2 Å². The molecule has 3 rings (SSSR count). The Bertz CT molecular complexity index is 800. The highest BCUT2D eigenvalue weighted by molar-refractivity contribution is 7.15. The van der Waals surface area contributed by atoms with Crippen LogP contribution in [-0.4, -0.2) is 6.10 Å². The van der Waals surface area contributed by atoms with Crippen molar-refractivity contribution in [1.29, 1.82) is 0 Å². The zero-order chi connectivity index (χ0) is 19.8. The molecular weight excluding hydrogens is 368 g/mol. The molecule has 0 amide bonds. The van der Waals surface area contributed by atoms with Gasteiger partial charge in [0, 0.05) is 0 Å². The van der Waals surface area contributed by atoms with E-state index < -0.39 is 11.7 Å². The number of hydrogen-bond donors (Lipinski definition) is 0. The van der Waals surface area contributed by atoms with Crippen LogP contribution in [0.2, 0.25) is 0 Å². The number of hydrogen-bond acceptors (Lipinski definition) is 1. The predicted molar refractivity (Wildman–Crippen MR) is 108 cm³/mol. The lowest BCUT2D eigenvalue weighted by molar-refractivity contribution is -0.138. The highest BCUT2D eigenvalue weighted by Crippen LogP contribution is 2.44. The van der Waals surface area contributed by atoms with Crippen LogP contribution in [0.3, 0.4) is 0 Å². The third-order valence-electron chi connectivity index (χ3n) is 5.76. The standard InChI is InChI=1S/C22H28F3OP/c1-21(2,3)16-6-8-17(9-7-16)26-19-11-5-15-12-14(13-27)4-10-18(15)20(19)22(23,24)25/h4-5,10-12,16-17H,6-9,13,27H2,1-3H3/t16-,17-. The Hall–Kier alpha value is -1.28. The van der Waals surface area contributed by atoms with Crippen molar-refractivity contribution in [2.24, 2.45) is 11.3 Å². The Morgan fingerprint density at radius 3 is 2.22 bits per heavy atom. The lowest BCUT2D eigenvalue weighted by atomic mass is 9.72. The fraction of sp³-hybridized carbons (Fsp3) is 0.545. The molecule has 0 bridgehead atoms. The number of fused-ring (bicyclic) bond motifs is 1. The van der Waals surface area contributed by atoms with Crippen LogP contribution in [0, 0.1) is 11.3 Å². The molecule has 1 saturated carbocycles. The number of rotatable bonds is 3. The smallest absolute Gasteiger partial charge is 0.420 e. The van der Waals surface area contributed by atoms with Crippen molar-refractivity contribution in [3.05, 3.63) is 41.5 Å². The molecule has 0 spiro atoms. The average molecular weight is 396 g/mol. The number of halogens is 3. The lowest BCUT2D eigenvalue weighted by Gasteiger charge is -2.37. The molecule has 27 heavy (non-hydrogen) atoms. The van der Waals surface area contributed by atoms with Gasteiger partial charge in [-0.3, -0.25) is 0 Å². The molecule has 1 aliphatic carbocycles. The summed E-state index contributed by atoms with van der Waals surface area (Å²) in [4.78, 5) is 0. The van der Waals surface area contributed by atoms with Gasteiger partial charge >= 0.3 is 6.18 Å². The molecule has 5 heteroatoms. The molecule has 0 radical (unpaired) electrons. The zero-order valence-electron chi connectivity index (χ0n) is 16.2. The van der Waals surface area contributed by atoms with Crippen molar-refractivity contribution in [2.75, 3.05) is 0 Å². The van der Waals surface area contributed by atoms with E-state index in [0.29, 0.717) is 17.5 Å². The first-order valence-corrected chi connectivity index (χ1v) is 10.4. The Kier molecular flexibility index (Phi) is 5.77. The second-order valence-electron chi connectivity index (χ2n) is 8.65. The molecule has 0 aliphatic heterocycles. The van der Waals surface area contributed by atoms with E-state index in [1.807, 2.05) is 6.07 Å². The average Bonchev–Trinajstić information content (AvgIpc) is 2.59. The van der Waals surface area contributed by atoms with Crippen LogP contribution in [-0.2, 0) is 12.3 Å². The molecule has 1 fully saturated rings. The molecule has 0 heterocycles. The van der Waals surface area contributed by atoms with Crippen LogP contribution in [0.1, 0.15) is 57.6 Å². The van der Waals surface area contributed by atoms with Crippen molar-refractivity contribution < 1.29 is 17.9 Å². The largest absolute Gasteiger partial charge is 0.490 e. The fourth-order valence-electron chi connectivity index (χ4n) is 4.10. The van der Waals surface area contributed by atoms with Crippen molar-refractivity contribution in [3.8, 4) is 5.75 Å². The van der Waals surface area contributed by atoms with Crippen LogP contribution in [0.25, 0.3) is 10.8 Å². The van der Waals surface area contributed by atoms with Crippen molar-refractivity contribution in [1.82, 2.24) is 0 Å². The van der Waals surface area contributed by atoms with Gasteiger partial charge in [0.2, 0.25) is 0 Å². The molecule has 148 valence electrons. The maximum Gasteiger partial charge on any atom is 0.420 e. The maximum atomic E-state index is 13.8. The summed E-state index contributed by atoms with van der Waals surface area (Å²) in [5.41, 5.74) is 0.586. The van der Waals surface area contributed by atoms with Gasteiger partial charge in [0.15, 0.2) is 0 Å². The Morgan fingerprint density at radius 1 is 1.00 bits per heavy atom. The minimum Gasteiger partial charge on any atom is -0.490 e. The van der Waals surface area contributed by atoms with Gasteiger partial charge in [-0.25, -0.2) is 0 Å². The van der Waals surface area contributed by atoms with Gasteiger partial charge in [0.05, 0.1) is 6.10 Å². The molecule has 1 aliphatic rings. The first kappa shape index (κ1) is 20.5. The molecule has 1 atom stereocenters. The molecule has 0 N–H and O–H groups in total. The van der Waals surface area contributed by atoms with Crippen LogP contribution < -0.4 is 4.74 Å². The summed E-state index contributed by atoms with van der Waals surface area (Å²) in [7, 11) is 2.60. The van der Waals surface area contributed by atoms with Gasteiger partial charge < -0.3 is 4.74 Å². The zero-order valence-corrected chi connectivity index (χ0v) is 17.4. The van der Waals surface area contributed by atoms with Gasteiger partial charge in [0.25, 0.3) is 0 Å². The Balaban J connectivity index is 1.89. The number of benzene rings is 2. The minimum atomic E-state index is -4.44. The normalized spacial score (nSPS) is 21.4. The van der Waals surface area contributed by atoms with Gasteiger partial charge in [-0.1, -0.05) is 45.0 Å². The first-order valence-electron chi connectivity index (χ1n) is 9.59. The second-order valence-corrected chi connectivity index (χ2v) is 9.06. The maximum absolute atomic E-state index is 13.8. The first-order chi connectivity index (χ1) is 12.6. The Labute approximate surface area is 161 Å². The third-order valence-corrected chi connectivity index (χ3v) is 6.23. The summed E-state index contributed by atoms with van der Waals surface area (Å²) in [5.74, 6) is 0.564. The molecule has 0 saturated heterocycles. The molecule has 2 aromatic rings. The van der Waals surface area contributed by atoms with E-state index in [0.717, 1.165) is 31.2 Å². The molecule has 1 nitrogen and oxygen atoms in total. The summed E-state index contributed by atoms with van der Waals surface area (Å²) in [6, 6.07) is 8.37. The molecule has 1 unspecified atom stereocenters. The summed E-state index contributed by atoms with van der Waals surface area (Å²) in [6.07, 6.45) is -0.256. The fourth-order valence-corrected chi connectivity index (χ4v) is 4.36. The van der Waals surface area contributed by atoms with Crippen molar-refractivity contribution in [3.63, 3.8) is 0 Å². The topological polar surface area (TPSA) is 9.23 Å². The predicted octanol–water partition coefficient (Wildman–Crippen LogP) is 7.22. The van der Waals surface area contributed by atoms with Crippen LogP contribution in [0.15, 0.2) is 30.3 Å². The molecular formula is C22H28F3OP. The second kappa shape index (κ2) is 7.62. The van der Waals surface area contributed by atoms with Crippen molar-refractivity contribution in [2.45, 2.75) is 64.9 Å². The quantitative estimate of drug-likeness (QED) is 0.498. The van der Waals surface area contributed by atoms with E-state index in [-0.39, 0.29) is 22.7 Å².